The number of carbonyl (C=O) groups is 2. The van der Waals surface area contributed by atoms with Crippen molar-refractivity contribution in [2.75, 3.05) is 0 Å². The first kappa shape index (κ1) is 46.0. The van der Waals surface area contributed by atoms with E-state index in [9.17, 15) is 0 Å². The van der Waals surface area contributed by atoms with Crippen LogP contribution in [0.5, 0.6) is 34.5 Å². The van der Waals surface area contributed by atoms with Gasteiger partial charge in [-0.15, -0.1) is 0 Å². The van der Waals surface area contributed by atoms with Crippen molar-refractivity contribution in [2.24, 2.45) is 0 Å². The Hall–Kier alpha value is -5.19. The van der Waals surface area contributed by atoms with Crippen LogP contribution in [0.1, 0.15) is 33.4 Å². The van der Waals surface area contributed by atoms with E-state index in [4.69, 9.17) is 36.7 Å². The van der Waals surface area contributed by atoms with Crippen LogP contribution in [0.2, 0.25) is 0 Å². The maximum Gasteiger partial charge on any atom is 0.530 e. The van der Waals surface area contributed by atoms with Gasteiger partial charge in [0.25, 0.3) is 0 Å². The SMILES string of the molecule is C=O.C=O.Cc1ccc(OP(Oc2ccc(C)cc2)Oc2ccc(C)cc2)cc1.Cc1ccc(OP(Oc2ccc(C)cc2)Oc2ccc(C)cc2)cc1.[Ni]. The van der Waals surface area contributed by atoms with Crippen LogP contribution < -0.4 is 27.1 Å². The van der Waals surface area contributed by atoms with Crippen LogP contribution in [0, 0.1) is 41.5 Å². The van der Waals surface area contributed by atoms with Gasteiger partial charge in [0.1, 0.15) is 48.1 Å². The Balaban J connectivity index is 0.000000343. The molecular weight excluding hydrogens is 777 g/mol. The molecule has 11 heteroatoms. The Bertz CT molecular complexity index is 1550. The molecule has 0 amide bonds. The minimum absolute atomic E-state index is 0. The summed E-state index contributed by atoms with van der Waals surface area (Å²) in [7, 11) is -3.24. The molecule has 6 aromatic rings. The summed E-state index contributed by atoms with van der Waals surface area (Å²) in [6, 6.07) is 47.0. The number of hydrogen-bond donors (Lipinski definition) is 0. The third-order valence-corrected chi connectivity index (χ3v) is 9.36. The van der Waals surface area contributed by atoms with E-state index < -0.39 is 17.2 Å². The second kappa shape index (κ2) is 25.0. The van der Waals surface area contributed by atoms with Crippen molar-refractivity contribution in [2.45, 2.75) is 41.5 Å². The molecule has 0 N–H and O–H groups in total. The van der Waals surface area contributed by atoms with Crippen molar-refractivity contribution in [3.63, 3.8) is 0 Å². The standard InChI is InChI=1S/2C21H21O3P.2CH2O.Ni/c2*1-16-4-10-19(11-5-16)22-25(23-20-12-6-17(2)7-13-20)24-21-14-8-18(3)9-15-21;2*1-2;/h2*4-15H,1-3H3;2*1H2;. The van der Waals surface area contributed by atoms with Gasteiger partial charge in [0, 0.05) is 16.5 Å². The summed E-state index contributed by atoms with van der Waals surface area (Å²) in [5, 5.41) is 0. The average molecular weight is 823 g/mol. The maximum atomic E-state index is 8.00. The molecule has 0 aliphatic rings. The summed E-state index contributed by atoms with van der Waals surface area (Å²) in [6.45, 7) is 16.2. The Morgan fingerprint density at radius 1 is 0.273 bits per heavy atom. The zero-order chi connectivity index (χ0) is 39.3. The Kier molecular flexibility index (Phi) is 20.9. The number of benzene rings is 6. The number of hydrogen-bond acceptors (Lipinski definition) is 8. The molecule has 0 bridgehead atoms. The van der Waals surface area contributed by atoms with E-state index in [0.717, 1.165) is 34.5 Å². The van der Waals surface area contributed by atoms with E-state index in [-0.39, 0.29) is 16.5 Å². The van der Waals surface area contributed by atoms with Gasteiger partial charge in [-0.3, -0.25) is 0 Å². The fraction of sp³-hybridized carbons (Fsp3) is 0.136. The second-order valence-corrected chi connectivity index (χ2v) is 13.9. The van der Waals surface area contributed by atoms with Gasteiger partial charge in [0.05, 0.1) is 0 Å². The van der Waals surface area contributed by atoms with Crippen molar-refractivity contribution in [1.82, 2.24) is 0 Å². The molecule has 8 nitrogen and oxygen atoms in total. The molecule has 0 saturated carbocycles. The molecule has 0 saturated heterocycles. The molecule has 0 atom stereocenters. The Morgan fingerprint density at radius 3 is 0.491 bits per heavy atom. The fourth-order valence-corrected chi connectivity index (χ4v) is 6.21. The summed E-state index contributed by atoms with van der Waals surface area (Å²) in [5.41, 5.74) is 7.06. The molecule has 0 aromatic heterocycles. The minimum Gasteiger partial charge on any atom is -0.409 e. The maximum absolute atomic E-state index is 8.00. The molecule has 0 aliphatic heterocycles. The normalized spacial score (nSPS) is 9.75. The van der Waals surface area contributed by atoms with Crippen LogP contribution in [0.25, 0.3) is 0 Å². The van der Waals surface area contributed by atoms with Crippen molar-refractivity contribution in [3.05, 3.63) is 179 Å². The topological polar surface area (TPSA) is 89.5 Å². The smallest absolute Gasteiger partial charge is 0.409 e. The van der Waals surface area contributed by atoms with E-state index in [1.54, 1.807) is 0 Å². The number of rotatable bonds is 12. The second-order valence-electron chi connectivity index (χ2n) is 11.9. The zero-order valence-electron chi connectivity index (χ0n) is 31.7. The van der Waals surface area contributed by atoms with E-state index in [1.807, 2.05) is 201 Å². The quantitative estimate of drug-likeness (QED) is 0.0890. The van der Waals surface area contributed by atoms with E-state index in [2.05, 4.69) is 0 Å². The van der Waals surface area contributed by atoms with Gasteiger partial charge in [-0.1, -0.05) is 106 Å². The predicted molar refractivity (Wildman–Crippen MR) is 219 cm³/mol. The average Bonchev–Trinajstić information content (AvgIpc) is 3.19. The first-order chi connectivity index (χ1) is 26.2. The molecule has 0 fully saturated rings. The molecule has 0 unspecified atom stereocenters. The fourth-order valence-electron chi connectivity index (χ4n) is 4.22. The van der Waals surface area contributed by atoms with E-state index in [1.165, 1.54) is 33.4 Å². The van der Waals surface area contributed by atoms with Crippen LogP contribution >= 0.6 is 17.2 Å². The summed E-state index contributed by atoms with van der Waals surface area (Å²) in [4.78, 5) is 16.0. The van der Waals surface area contributed by atoms with Gasteiger partial charge in [0.15, 0.2) is 0 Å². The number of carbonyl (C=O) groups excluding carboxylic acids is 2. The van der Waals surface area contributed by atoms with Crippen LogP contribution in [-0.4, -0.2) is 13.6 Å². The third kappa shape index (κ3) is 17.2. The van der Waals surface area contributed by atoms with Gasteiger partial charge in [-0.05, 0) is 114 Å². The van der Waals surface area contributed by atoms with Crippen LogP contribution in [0.15, 0.2) is 146 Å². The molecule has 0 spiro atoms. The summed E-state index contributed by atoms with van der Waals surface area (Å²) in [6.07, 6.45) is 0. The summed E-state index contributed by atoms with van der Waals surface area (Å²) in [5.74, 6) is 4.31. The minimum atomic E-state index is -1.62. The van der Waals surface area contributed by atoms with Crippen molar-refractivity contribution in [1.29, 1.82) is 0 Å². The van der Waals surface area contributed by atoms with Crippen LogP contribution in [0.4, 0.5) is 0 Å². The largest absolute Gasteiger partial charge is 0.530 e. The molecule has 55 heavy (non-hydrogen) atoms. The first-order valence-corrected chi connectivity index (χ1v) is 19.0. The molecule has 290 valence electrons. The molecular formula is C44H46NiO8P2. The van der Waals surface area contributed by atoms with Crippen molar-refractivity contribution < 1.29 is 53.2 Å². The summed E-state index contributed by atoms with van der Waals surface area (Å²) >= 11 is 0. The zero-order valence-corrected chi connectivity index (χ0v) is 34.5. The van der Waals surface area contributed by atoms with Gasteiger partial charge in [0.2, 0.25) is 0 Å². The van der Waals surface area contributed by atoms with Crippen molar-refractivity contribution in [3.8, 4) is 34.5 Å². The Labute approximate surface area is 337 Å². The van der Waals surface area contributed by atoms with Crippen LogP contribution in [0.3, 0.4) is 0 Å². The van der Waals surface area contributed by atoms with Gasteiger partial charge >= 0.3 is 17.2 Å². The molecule has 0 heterocycles. The van der Waals surface area contributed by atoms with E-state index in [0.29, 0.717) is 0 Å². The molecule has 0 aliphatic carbocycles. The van der Waals surface area contributed by atoms with Gasteiger partial charge in [-0.25, -0.2) is 0 Å². The number of aryl methyl sites for hydroxylation is 6. The third-order valence-electron chi connectivity index (χ3n) is 7.21. The first-order valence-electron chi connectivity index (χ1n) is 16.8. The van der Waals surface area contributed by atoms with Crippen LogP contribution in [-0.2, 0) is 26.1 Å². The molecule has 0 radical (unpaired) electrons. The molecule has 6 rings (SSSR count). The van der Waals surface area contributed by atoms with E-state index >= 15 is 0 Å². The molecule has 6 aromatic carbocycles. The Morgan fingerprint density at radius 2 is 0.382 bits per heavy atom. The summed E-state index contributed by atoms with van der Waals surface area (Å²) < 4.78 is 35.7. The van der Waals surface area contributed by atoms with Gasteiger partial charge in [-0.2, -0.15) is 0 Å². The van der Waals surface area contributed by atoms with Gasteiger partial charge < -0.3 is 36.7 Å². The predicted octanol–water partition coefficient (Wildman–Crippen LogP) is 12.4. The monoisotopic (exact) mass is 822 g/mol. The van der Waals surface area contributed by atoms with Crippen molar-refractivity contribution >= 4 is 30.8 Å².